The third-order valence-corrected chi connectivity index (χ3v) is 2.26. The fourth-order valence-corrected chi connectivity index (χ4v) is 1.25. The molecule has 1 aromatic rings. The SMILES string of the molecule is CC(C)(C)c1ccc(SF)cc1. The molecule has 0 nitrogen and oxygen atoms in total. The van der Waals surface area contributed by atoms with E-state index in [1.807, 2.05) is 24.3 Å². The highest BCUT2D eigenvalue weighted by Gasteiger charge is 2.12. The van der Waals surface area contributed by atoms with Gasteiger partial charge in [-0.15, -0.1) is 0 Å². The van der Waals surface area contributed by atoms with Gasteiger partial charge in [-0.05, 0) is 23.1 Å². The van der Waals surface area contributed by atoms with Crippen molar-refractivity contribution in [2.45, 2.75) is 31.1 Å². The van der Waals surface area contributed by atoms with Crippen molar-refractivity contribution in [3.8, 4) is 0 Å². The van der Waals surface area contributed by atoms with Crippen molar-refractivity contribution in [2.24, 2.45) is 0 Å². The Morgan fingerprint density at radius 3 is 1.92 bits per heavy atom. The highest BCUT2D eigenvalue weighted by molar-refractivity contribution is 7.94. The van der Waals surface area contributed by atoms with Crippen molar-refractivity contribution in [3.05, 3.63) is 29.8 Å². The van der Waals surface area contributed by atoms with Gasteiger partial charge in [-0.25, -0.2) is 0 Å². The van der Waals surface area contributed by atoms with Crippen LogP contribution in [0.4, 0.5) is 3.89 Å². The highest BCUT2D eigenvalue weighted by Crippen LogP contribution is 2.25. The molecule has 0 aliphatic heterocycles. The molecule has 0 saturated heterocycles. The topological polar surface area (TPSA) is 0 Å². The maximum Gasteiger partial charge on any atom is 0.0812 e. The quantitative estimate of drug-likeness (QED) is 0.636. The van der Waals surface area contributed by atoms with Crippen molar-refractivity contribution in [1.29, 1.82) is 0 Å². The van der Waals surface area contributed by atoms with E-state index in [2.05, 4.69) is 20.8 Å². The van der Waals surface area contributed by atoms with Crippen LogP contribution >= 0.6 is 12.1 Å². The van der Waals surface area contributed by atoms with Crippen molar-refractivity contribution < 1.29 is 3.89 Å². The normalized spacial score (nSPS) is 11.7. The second kappa shape index (κ2) is 3.48. The molecule has 0 aromatic heterocycles. The number of hydrogen-bond acceptors (Lipinski definition) is 1. The average Bonchev–Trinajstić information content (AvgIpc) is 2.03. The van der Waals surface area contributed by atoms with Gasteiger partial charge in [0.1, 0.15) is 0 Å². The predicted molar refractivity (Wildman–Crippen MR) is 52.1 cm³/mol. The van der Waals surface area contributed by atoms with E-state index in [-0.39, 0.29) is 17.6 Å². The molecule has 0 amide bonds. The second-order valence-corrected chi connectivity index (χ2v) is 4.48. The number of benzene rings is 1. The lowest BCUT2D eigenvalue weighted by atomic mass is 9.87. The number of hydrogen-bond donors (Lipinski definition) is 0. The van der Waals surface area contributed by atoms with Gasteiger partial charge < -0.3 is 0 Å². The molecule has 0 aliphatic carbocycles. The van der Waals surface area contributed by atoms with Gasteiger partial charge in [0.15, 0.2) is 0 Å². The Morgan fingerprint density at radius 2 is 1.58 bits per heavy atom. The smallest absolute Gasteiger partial charge is 0.0812 e. The summed E-state index contributed by atoms with van der Waals surface area (Å²) in [6, 6.07) is 7.57. The molecule has 1 aromatic carbocycles. The van der Waals surface area contributed by atoms with Crippen LogP contribution in [0.3, 0.4) is 0 Å². The van der Waals surface area contributed by atoms with E-state index < -0.39 is 0 Å². The molecule has 0 radical (unpaired) electrons. The van der Waals surface area contributed by atoms with E-state index in [0.29, 0.717) is 4.90 Å². The van der Waals surface area contributed by atoms with E-state index in [9.17, 15) is 3.89 Å². The zero-order valence-corrected chi connectivity index (χ0v) is 8.41. The van der Waals surface area contributed by atoms with Crippen LogP contribution in [0.15, 0.2) is 29.2 Å². The van der Waals surface area contributed by atoms with Crippen LogP contribution < -0.4 is 0 Å². The van der Waals surface area contributed by atoms with Gasteiger partial charge in [0.25, 0.3) is 0 Å². The zero-order chi connectivity index (χ0) is 9.19. The molecule has 2 heteroatoms. The molecule has 0 spiro atoms. The summed E-state index contributed by atoms with van der Waals surface area (Å²) in [5.74, 6) is 0. The Morgan fingerprint density at radius 1 is 1.08 bits per heavy atom. The van der Waals surface area contributed by atoms with Gasteiger partial charge in [-0.1, -0.05) is 32.9 Å². The molecule has 0 N–H and O–H groups in total. The lowest BCUT2D eigenvalue weighted by molar-refractivity contribution is 0.589. The monoisotopic (exact) mass is 184 g/mol. The summed E-state index contributed by atoms with van der Waals surface area (Å²) in [6.45, 7) is 6.43. The summed E-state index contributed by atoms with van der Waals surface area (Å²) in [5.41, 5.74) is 1.39. The third-order valence-electron chi connectivity index (χ3n) is 1.81. The number of halogens is 1. The summed E-state index contributed by atoms with van der Waals surface area (Å²) in [7, 11) is 0. The lowest BCUT2D eigenvalue weighted by Gasteiger charge is -2.18. The van der Waals surface area contributed by atoms with Crippen LogP contribution in [0.25, 0.3) is 0 Å². The molecular weight excluding hydrogens is 171 g/mol. The largest absolute Gasteiger partial charge is 0.160 e. The summed E-state index contributed by atoms with van der Waals surface area (Å²) in [5, 5.41) is 0. The second-order valence-electron chi connectivity index (χ2n) is 3.85. The Kier molecular flexibility index (Phi) is 2.78. The van der Waals surface area contributed by atoms with Gasteiger partial charge in [0.2, 0.25) is 0 Å². The minimum atomic E-state index is 0.152. The molecular formula is C10H13FS. The zero-order valence-electron chi connectivity index (χ0n) is 7.60. The minimum Gasteiger partial charge on any atom is -0.160 e. The summed E-state index contributed by atoms with van der Waals surface area (Å²) in [4.78, 5) is 0.669. The van der Waals surface area contributed by atoms with Crippen molar-refractivity contribution in [1.82, 2.24) is 0 Å². The first-order valence-electron chi connectivity index (χ1n) is 3.93. The van der Waals surface area contributed by atoms with Crippen molar-refractivity contribution >= 4 is 12.1 Å². The van der Waals surface area contributed by atoms with Gasteiger partial charge in [0.05, 0.1) is 12.1 Å². The molecule has 0 atom stereocenters. The van der Waals surface area contributed by atoms with Crippen LogP contribution in [0, 0.1) is 0 Å². The fraction of sp³-hybridized carbons (Fsp3) is 0.400. The van der Waals surface area contributed by atoms with Crippen LogP contribution in [0.5, 0.6) is 0 Å². The van der Waals surface area contributed by atoms with E-state index in [1.165, 1.54) is 5.56 Å². The van der Waals surface area contributed by atoms with E-state index >= 15 is 0 Å². The molecule has 66 valence electrons. The minimum absolute atomic E-state index is 0.152. The molecule has 0 heterocycles. The summed E-state index contributed by atoms with van der Waals surface area (Å²) < 4.78 is 12.1. The van der Waals surface area contributed by atoms with Gasteiger partial charge in [-0.2, -0.15) is 3.89 Å². The van der Waals surface area contributed by atoms with E-state index in [4.69, 9.17) is 0 Å². The maximum absolute atomic E-state index is 12.1. The van der Waals surface area contributed by atoms with Crippen LogP contribution in [0.1, 0.15) is 26.3 Å². The number of rotatable bonds is 1. The van der Waals surface area contributed by atoms with Gasteiger partial charge in [-0.3, -0.25) is 0 Å². The first kappa shape index (κ1) is 9.59. The fourth-order valence-electron chi connectivity index (χ4n) is 1.01. The van der Waals surface area contributed by atoms with Crippen molar-refractivity contribution in [2.75, 3.05) is 0 Å². The Bertz CT molecular complexity index is 246. The summed E-state index contributed by atoms with van der Waals surface area (Å²) in [6.07, 6.45) is 0. The van der Waals surface area contributed by atoms with Gasteiger partial charge in [0, 0.05) is 4.90 Å². The molecule has 12 heavy (non-hydrogen) atoms. The molecule has 0 aliphatic rings. The molecule has 0 saturated carbocycles. The third kappa shape index (κ3) is 2.24. The predicted octanol–water partition coefficient (Wildman–Crippen LogP) is 3.96. The van der Waals surface area contributed by atoms with E-state index in [1.54, 1.807) is 0 Å². The standard InChI is InChI=1S/C10H13FS/c1-10(2,3)8-4-6-9(12-11)7-5-8/h4-7H,1-3H3. The molecule has 1 rings (SSSR count). The first-order valence-corrected chi connectivity index (χ1v) is 4.65. The van der Waals surface area contributed by atoms with E-state index in [0.717, 1.165) is 0 Å². The lowest BCUT2D eigenvalue weighted by Crippen LogP contribution is -2.10. The molecule has 0 unspecified atom stereocenters. The Labute approximate surface area is 77.5 Å². The summed E-state index contributed by atoms with van der Waals surface area (Å²) >= 11 is 0.288. The van der Waals surface area contributed by atoms with Crippen LogP contribution in [-0.4, -0.2) is 0 Å². The average molecular weight is 184 g/mol. The molecule has 0 fully saturated rings. The van der Waals surface area contributed by atoms with Crippen LogP contribution in [-0.2, 0) is 5.41 Å². The van der Waals surface area contributed by atoms with Gasteiger partial charge >= 0.3 is 0 Å². The Hall–Kier alpha value is -0.500. The van der Waals surface area contributed by atoms with Crippen LogP contribution in [0.2, 0.25) is 0 Å². The first-order chi connectivity index (χ1) is 5.54. The Balaban J connectivity index is 2.93. The highest BCUT2D eigenvalue weighted by atomic mass is 32.2. The van der Waals surface area contributed by atoms with Crippen molar-refractivity contribution in [3.63, 3.8) is 0 Å². The molecule has 0 bridgehead atoms. The maximum atomic E-state index is 12.1.